The first-order valence-electron chi connectivity index (χ1n) is 6.87. The second-order valence-electron chi connectivity index (χ2n) is 4.80. The quantitative estimate of drug-likeness (QED) is 0.668. The molecule has 0 saturated carbocycles. The lowest BCUT2D eigenvalue weighted by molar-refractivity contribution is -0.114. The van der Waals surface area contributed by atoms with Crippen LogP contribution >= 0.6 is 0 Å². The molecule has 2 rings (SSSR count). The van der Waals surface area contributed by atoms with Crippen molar-refractivity contribution in [2.45, 2.75) is 20.0 Å². The first kappa shape index (κ1) is 16.3. The van der Waals surface area contributed by atoms with Crippen LogP contribution < -0.4 is 5.32 Å². The Hall–Kier alpha value is -3.09. The van der Waals surface area contributed by atoms with Crippen molar-refractivity contribution in [1.29, 1.82) is 0 Å². The van der Waals surface area contributed by atoms with Crippen molar-refractivity contribution in [2.24, 2.45) is 0 Å². The first-order chi connectivity index (χ1) is 11.0. The van der Waals surface area contributed by atoms with Crippen LogP contribution in [-0.4, -0.2) is 34.0 Å². The molecule has 2 aromatic rings. The van der Waals surface area contributed by atoms with Crippen LogP contribution in [0.2, 0.25) is 0 Å². The van der Waals surface area contributed by atoms with Gasteiger partial charge in [-0.15, -0.1) is 0 Å². The molecule has 0 unspecified atom stereocenters. The van der Waals surface area contributed by atoms with Crippen molar-refractivity contribution in [3.63, 3.8) is 0 Å². The minimum atomic E-state index is -0.942. The minimum absolute atomic E-state index is 0.197. The third kappa shape index (κ3) is 4.44. The number of carbonyl (C=O) groups excluding carboxylic acids is 3. The Morgan fingerprint density at radius 3 is 2.30 bits per heavy atom. The zero-order valence-electron chi connectivity index (χ0n) is 12.6. The largest absolute Gasteiger partial charge is 0.451 e. The zero-order chi connectivity index (χ0) is 16.8. The topological polar surface area (TPSA) is 98.2 Å². The molecule has 0 aliphatic rings. The monoisotopic (exact) mass is 313 g/mol. The third-order valence-electron chi connectivity index (χ3n) is 2.96. The van der Waals surface area contributed by atoms with E-state index in [0.29, 0.717) is 11.3 Å². The van der Waals surface area contributed by atoms with Crippen molar-refractivity contribution in [2.75, 3.05) is 5.32 Å². The van der Waals surface area contributed by atoms with Gasteiger partial charge in [0.25, 0.3) is 0 Å². The molecule has 118 valence electrons. The number of aromatic nitrogens is 2. The number of Topliss-reactive ketones (excluding diaryl/α,β-unsaturated/α-hetero) is 1. The molecule has 0 saturated heterocycles. The number of hydrogen-bond acceptors (Lipinski definition) is 6. The van der Waals surface area contributed by atoms with Gasteiger partial charge in [-0.3, -0.25) is 9.59 Å². The van der Waals surface area contributed by atoms with Gasteiger partial charge in [0.1, 0.15) is 0 Å². The van der Waals surface area contributed by atoms with Gasteiger partial charge < -0.3 is 10.1 Å². The fourth-order valence-corrected chi connectivity index (χ4v) is 1.85. The summed E-state index contributed by atoms with van der Waals surface area (Å²) in [6, 6.07) is 7.79. The minimum Gasteiger partial charge on any atom is -0.451 e. The highest BCUT2D eigenvalue weighted by Gasteiger charge is 2.20. The number of hydrogen-bond donors (Lipinski definition) is 1. The number of nitrogens with one attached hydrogen (secondary N) is 1. The summed E-state index contributed by atoms with van der Waals surface area (Å²) in [6.07, 6.45) is 1.69. The van der Waals surface area contributed by atoms with Gasteiger partial charge >= 0.3 is 5.97 Å². The predicted octanol–water partition coefficient (Wildman–Crippen LogP) is 1.86. The number of esters is 1. The molecular weight excluding hydrogens is 298 g/mol. The average molecular weight is 313 g/mol. The van der Waals surface area contributed by atoms with E-state index in [-0.39, 0.29) is 17.3 Å². The predicted molar refractivity (Wildman–Crippen MR) is 82.0 cm³/mol. The number of amides is 1. The Balaban J connectivity index is 2.02. The summed E-state index contributed by atoms with van der Waals surface area (Å²) in [5, 5.41) is 9.75. The third-order valence-corrected chi connectivity index (χ3v) is 2.96. The average Bonchev–Trinajstić information content (AvgIpc) is 2.55. The maximum Gasteiger partial charge on any atom is 0.340 e. The first-order valence-corrected chi connectivity index (χ1v) is 6.87. The van der Waals surface area contributed by atoms with Crippen LogP contribution in [0.3, 0.4) is 0 Å². The lowest BCUT2D eigenvalue weighted by atomic mass is 10.1. The highest BCUT2D eigenvalue weighted by molar-refractivity contribution is 6.01. The van der Waals surface area contributed by atoms with E-state index in [0.717, 1.165) is 0 Å². The van der Waals surface area contributed by atoms with Gasteiger partial charge in [-0.2, -0.15) is 10.2 Å². The second kappa shape index (κ2) is 7.26. The van der Waals surface area contributed by atoms with Crippen LogP contribution in [0.4, 0.5) is 5.69 Å². The number of ketones is 1. The zero-order valence-corrected chi connectivity index (χ0v) is 12.6. The van der Waals surface area contributed by atoms with Gasteiger partial charge in [0.05, 0.1) is 18.0 Å². The Kier molecular flexibility index (Phi) is 5.14. The Morgan fingerprint density at radius 1 is 1.04 bits per heavy atom. The maximum absolute atomic E-state index is 12.3. The van der Waals surface area contributed by atoms with Crippen LogP contribution in [0.5, 0.6) is 0 Å². The molecule has 1 N–H and O–H groups in total. The fraction of sp³-hybridized carbons (Fsp3) is 0.188. The van der Waals surface area contributed by atoms with Crippen molar-refractivity contribution < 1.29 is 19.1 Å². The number of ether oxygens (including phenoxy) is 1. The molecule has 1 aromatic heterocycles. The second-order valence-corrected chi connectivity index (χ2v) is 4.80. The summed E-state index contributed by atoms with van der Waals surface area (Å²) < 4.78 is 5.12. The molecule has 23 heavy (non-hydrogen) atoms. The maximum atomic E-state index is 12.3. The molecule has 1 heterocycles. The molecule has 0 radical (unpaired) electrons. The molecular formula is C16H15N3O4. The molecule has 1 amide bonds. The van der Waals surface area contributed by atoms with E-state index < -0.39 is 12.1 Å². The van der Waals surface area contributed by atoms with E-state index >= 15 is 0 Å². The van der Waals surface area contributed by atoms with Crippen LogP contribution in [0.15, 0.2) is 42.7 Å². The SMILES string of the molecule is CC(=O)Nc1ccc(C(=O)[C@@H](C)OC(=O)c2ccnnc2)cc1. The molecule has 7 heteroatoms. The van der Waals surface area contributed by atoms with Crippen LogP contribution in [0.1, 0.15) is 34.6 Å². The number of nitrogens with zero attached hydrogens (tertiary/aromatic N) is 2. The number of rotatable bonds is 5. The van der Waals surface area contributed by atoms with E-state index in [9.17, 15) is 14.4 Å². The number of anilines is 1. The van der Waals surface area contributed by atoms with Gasteiger partial charge in [0.2, 0.25) is 11.7 Å². The van der Waals surface area contributed by atoms with Gasteiger partial charge in [-0.05, 0) is 37.3 Å². The van der Waals surface area contributed by atoms with E-state index in [1.165, 1.54) is 32.3 Å². The van der Waals surface area contributed by atoms with Gasteiger partial charge in [0, 0.05) is 18.2 Å². The molecule has 1 atom stereocenters. The summed E-state index contributed by atoms with van der Waals surface area (Å²) in [7, 11) is 0. The molecule has 0 aliphatic heterocycles. The summed E-state index contributed by atoms with van der Waals surface area (Å²) in [5.74, 6) is -1.18. The summed E-state index contributed by atoms with van der Waals surface area (Å²) >= 11 is 0. The number of carbonyl (C=O) groups is 3. The Labute approximate surface area is 132 Å². The summed E-state index contributed by atoms with van der Waals surface area (Å²) in [4.78, 5) is 35.1. The van der Waals surface area contributed by atoms with E-state index in [2.05, 4.69) is 15.5 Å². The lowest BCUT2D eigenvalue weighted by Gasteiger charge is -2.12. The molecule has 0 aliphatic carbocycles. The van der Waals surface area contributed by atoms with Gasteiger partial charge in [-0.25, -0.2) is 4.79 Å². The van der Waals surface area contributed by atoms with Crippen LogP contribution in [0, 0.1) is 0 Å². The highest BCUT2D eigenvalue weighted by Crippen LogP contribution is 2.13. The Bertz CT molecular complexity index is 714. The van der Waals surface area contributed by atoms with E-state index in [1.807, 2.05) is 0 Å². The molecule has 0 bridgehead atoms. The van der Waals surface area contributed by atoms with Crippen molar-refractivity contribution >= 4 is 23.3 Å². The lowest BCUT2D eigenvalue weighted by Crippen LogP contribution is -2.24. The smallest absolute Gasteiger partial charge is 0.340 e. The molecule has 0 fully saturated rings. The summed E-state index contributed by atoms with van der Waals surface area (Å²) in [5.41, 5.74) is 1.19. The van der Waals surface area contributed by atoms with Crippen molar-refractivity contribution in [1.82, 2.24) is 10.2 Å². The normalized spacial score (nSPS) is 11.4. The van der Waals surface area contributed by atoms with Gasteiger partial charge in [0.15, 0.2) is 6.10 Å². The van der Waals surface area contributed by atoms with E-state index in [4.69, 9.17) is 4.74 Å². The van der Waals surface area contributed by atoms with Crippen LogP contribution in [-0.2, 0) is 9.53 Å². The standard InChI is InChI=1S/C16H15N3O4/c1-10(23-16(22)13-7-8-17-18-9-13)15(21)12-3-5-14(6-4-12)19-11(2)20/h3-10H,1-2H3,(H,19,20)/t10-/m1/s1. The van der Waals surface area contributed by atoms with Crippen LogP contribution in [0.25, 0.3) is 0 Å². The fourth-order valence-electron chi connectivity index (χ4n) is 1.85. The van der Waals surface area contributed by atoms with E-state index in [1.54, 1.807) is 24.3 Å². The van der Waals surface area contributed by atoms with Crippen molar-refractivity contribution in [3.8, 4) is 0 Å². The molecule has 0 spiro atoms. The highest BCUT2D eigenvalue weighted by atomic mass is 16.5. The number of benzene rings is 1. The summed E-state index contributed by atoms with van der Waals surface area (Å²) in [6.45, 7) is 2.89. The Morgan fingerprint density at radius 2 is 1.74 bits per heavy atom. The van der Waals surface area contributed by atoms with Crippen molar-refractivity contribution in [3.05, 3.63) is 53.9 Å². The molecule has 1 aromatic carbocycles. The van der Waals surface area contributed by atoms with Gasteiger partial charge in [-0.1, -0.05) is 0 Å². The molecule has 7 nitrogen and oxygen atoms in total.